The first-order chi connectivity index (χ1) is 15.2. The Morgan fingerprint density at radius 3 is 2.16 bits per heavy atom. The lowest BCUT2D eigenvalue weighted by molar-refractivity contribution is 0.0968. The average molecular weight is 412 g/mol. The molecule has 1 atom stereocenters. The molecule has 0 unspecified atom stereocenters. The monoisotopic (exact) mass is 411 g/mol. The van der Waals surface area contributed by atoms with Gasteiger partial charge in [-0.05, 0) is 24.3 Å². The Hall–Kier alpha value is -3.40. The predicted molar refractivity (Wildman–Crippen MR) is 123 cm³/mol. The average Bonchev–Trinajstić information content (AvgIpc) is 3.13. The van der Waals surface area contributed by atoms with Crippen molar-refractivity contribution < 1.29 is 5.11 Å². The number of piperazine rings is 1. The zero-order valence-corrected chi connectivity index (χ0v) is 17.4. The molecule has 4 aromatic rings. The third kappa shape index (κ3) is 3.74. The number of pyridine rings is 1. The van der Waals surface area contributed by atoms with Crippen molar-refractivity contribution in [2.75, 3.05) is 37.6 Å². The van der Waals surface area contributed by atoms with Gasteiger partial charge < -0.3 is 14.6 Å². The van der Waals surface area contributed by atoms with E-state index in [9.17, 15) is 10.4 Å². The number of fused-ring (bicyclic) bond motifs is 3. The highest BCUT2D eigenvalue weighted by Gasteiger charge is 2.22. The molecule has 3 heterocycles. The number of aliphatic hydroxyl groups excluding tert-OH is 1. The zero-order chi connectivity index (χ0) is 21.2. The number of anilines is 1. The molecule has 156 valence electrons. The van der Waals surface area contributed by atoms with E-state index in [0.717, 1.165) is 43.0 Å². The van der Waals surface area contributed by atoms with E-state index < -0.39 is 6.10 Å². The quantitative estimate of drug-likeness (QED) is 0.546. The van der Waals surface area contributed by atoms with E-state index in [1.54, 1.807) is 12.3 Å². The van der Waals surface area contributed by atoms with Crippen LogP contribution in [0.1, 0.15) is 5.56 Å². The van der Waals surface area contributed by atoms with Gasteiger partial charge in [-0.2, -0.15) is 5.26 Å². The molecular weight excluding hydrogens is 386 g/mol. The van der Waals surface area contributed by atoms with Gasteiger partial charge in [0.1, 0.15) is 11.9 Å². The Morgan fingerprint density at radius 2 is 1.52 bits per heavy atom. The Bertz CT molecular complexity index is 1200. The Morgan fingerprint density at radius 1 is 0.871 bits per heavy atom. The summed E-state index contributed by atoms with van der Waals surface area (Å²) in [7, 11) is 0. The molecule has 1 aliphatic heterocycles. The predicted octanol–water partition coefficient (Wildman–Crippen LogP) is 3.24. The summed E-state index contributed by atoms with van der Waals surface area (Å²) in [5, 5.41) is 22.7. The first-order valence-corrected chi connectivity index (χ1v) is 10.7. The van der Waals surface area contributed by atoms with Crippen LogP contribution < -0.4 is 4.90 Å². The standard InChI is InChI=1S/C25H25N5O/c26-16-19-6-5-11-27-25(19)29-14-12-28(13-15-29)17-20(31)18-30-23-9-3-1-7-21(23)22-8-2-4-10-24(22)30/h1-11,20,31H,12-15,17-18H2/t20-/m0/s1. The van der Waals surface area contributed by atoms with Crippen molar-refractivity contribution in [3.05, 3.63) is 72.4 Å². The number of aliphatic hydroxyl groups is 1. The number of hydrogen-bond donors (Lipinski definition) is 1. The van der Waals surface area contributed by atoms with Crippen LogP contribution in [0, 0.1) is 11.3 Å². The van der Waals surface area contributed by atoms with Crippen LogP contribution in [0.25, 0.3) is 21.8 Å². The number of rotatable bonds is 5. The first-order valence-electron chi connectivity index (χ1n) is 10.7. The molecule has 6 heteroatoms. The molecule has 0 bridgehead atoms. The first kappa shape index (κ1) is 19.6. The highest BCUT2D eigenvalue weighted by molar-refractivity contribution is 6.07. The van der Waals surface area contributed by atoms with Crippen LogP contribution in [0.15, 0.2) is 66.9 Å². The van der Waals surface area contributed by atoms with E-state index in [0.29, 0.717) is 18.7 Å². The Kier molecular flexibility index (Phi) is 5.29. The number of nitriles is 1. The van der Waals surface area contributed by atoms with Gasteiger partial charge in [-0.1, -0.05) is 36.4 Å². The van der Waals surface area contributed by atoms with Crippen molar-refractivity contribution in [1.29, 1.82) is 5.26 Å². The van der Waals surface area contributed by atoms with E-state index in [4.69, 9.17) is 0 Å². The van der Waals surface area contributed by atoms with Crippen LogP contribution in [-0.2, 0) is 6.54 Å². The number of nitrogens with zero attached hydrogens (tertiary/aromatic N) is 5. The number of hydrogen-bond acceptors (Lipinski definition) is 5. The van der Waals surface area contributed by atoms with Crippen molar-refractivity contribution in [2.24, 2.45) is 0 Å². The number of β-amino-alcohol motifs (C(OH)–C–C–N with tert-alkyl or cyclic N) is 1. The normalized spacial score (nSPS) is 15.9. The number of para-hydroxylation sites is 2. The smallest absolute Gasteiger partial charge is 0.146 e. The van der Waals surface area contributed by atoms with Crippen molar-refractivity contribution in [2.45, 2.75) is 12.6 Å². The summed E-state index contributed by atoms with van der Waals surface area (Å²) < 4.78 is 2.23. The van der Waals surface area contributed by atoms with Crippen molar-refractivity contribution in [3.8, 4) is 6.07 Å². The highest BCUT2D eigenvalue weighted by Crippen LogP contribution is 2.29. The zero-order valence-electron chi connectivity index (χ0n) is 17.4. The topological polar surface area (TPSA) is 68.3 Å². The molecule has 6 nitrogen and oxygen atoms in total. The second-order valence-corrected chi connectivity index (χ2v) is 8.07. The van der Waals surface area contributed by atoms with Crippen LogP contribution >= 0.6 is 0 Å². The Labute approximate surface area is 181 Å². The maximum atomic E-state index is 10.9. The van der Waals surface area contributed by atoms with Gasteiger partial charge in [0, 0.05) is 60.7 Å². The van der Waals surface area contributed by atoms with Gasteiger partial charge >= 0.3 is 0 Å². The molecule has 0 saturated carbocycles. The number of aromatic nitrogens is 2. The van der Waals surface area contributed by atoms with E-state index in [2.05, 4.69) is 74.0 Å². The Balaban J connectivity index is 1.27. The van der Waals surface area contributed by atoms with Crippen molar-refractivity contribution in [3.63, 3.8) is 0 Å². The molecule has 0 spiro atoms. The summed E-state index contributed by atoms with van der Waals surface area (Å²) in [6.45, 7) is 4.47. The minimum Gasteiger partial charge on any atom is -0.390 e. The maximum Gasteiger partial charge on any atom is 0.146 e. The van der Waals surface area contributed by atoms with E-state index >= 15 is 0 Å². The summed E-state index contributed by atoms with van der Waals surface area (Å²) in [5.41, 5.74) is 2.93. The minimum atomic E-state index is -0.463. The van der Waals surface area contributed by atoms with Crippen molar-refractivity contribution >= 4 is 27.6 Å². The van der Waals surface area contributed by atoms with Gasteiger partial charge in [-0.15, -0.1) is 0 Å². The third-order valence-electron chi connectivity index (χ3n) is 6.12. The molecule has 2 aromatic carbocycles. The SMILES string of the molecule is N#Cc1cccnc1N1CCN(C[C@H](O)Cn2c3ccccc3c3ccccc32)CC1. The van der Waals surface area contributed by atoms with E-state index in [1.807, 2.05) is 6.07 Å². The van der Waals surface area contributed by atoms with Crippen LogP contribution in [0.5, 0.6) is 0 Å². The second kappa shape index (κ2) is 8.38. The molecule has 1 fully saturated rings. The van der Waals surface area contributed by atoms with Gasteiger partial charge in [-0.3, -0.25) is 4.90 Å². The van der Waals surface area contributed by atoms with Gasteiger partial charge in [-0.25, -0.2) is 4.98 Å². The largest absolute Gasteiger partial charge is 0.390 e. The van der Waals surface area contributed by atoms with Gasteiger partial charge in [0.05, 0.1) is 18.2 Å². The third-order valence-corrected chi connectivity index (χ3v) is 6.12. The number of benzene rings is 2. The molecule has 0 radical (unpaired) electrons. The lowest BCUT2D eigenvalue weighted by Gasteiger charge is -2.36. The van der Waals surface area contributed by atoms with E-state index in [1.165, 1.54) is 10.8 Å². The van der Waals surface area contributed by atoms with Gasteiger partial charge in [0.15, 0.2) is 0 Å². The maximum absolute atomic E-state index is 10.9. The minimum absolute atomic E-state index is 0.463. The molecule has 2 aromatic heterocycles. The fourth-order valence-corrected chi connectivity index (χ4v) is 4.65. The molecule has 0 amide bonds. The van der Waals surface area contributed by atoms with E-state index in [-0.39, 0.29) is 0 Å². The fraction of sp³-hybridized carbons (Fsp3) is 0.280. The van der Waals surface area contributed by atoms with Crippen LogP contribution in [0.4, 0.5) is 5.82 Å². The summed E-state index contributed by atoms with van der Waals surface area (Å²) in [4.78, 5) is 8.86. The van der Waals surface area contributed by atoms with Crippen LogP contribution in [0.2, 0.25) is 0 Å². The molecule has 1 aliphatic rings. The lowest BCUT2D eigenvalue weighted by atomic mass is 10.2. The molecule has 31 heavy (non-hydrogen) atoms. The molecule has 0 aliphatic carbocycles. The molecular formula is C25H25N5O. The molecule has 1 saturated heterocycles. The van der Waals surface area contributed by atoms with Crippen LogP contribution in [0.3, 0.4) is 0 Å². The summed E-state index contributed by atoms with van der Waals surface area (Å²) >= 11 is 0. The summed E-state index contributed by atoms with van der Waals surface area (Å²) in [5.74, 6) is 0.760. The van der Waals surface area contributed by atoms with Crippen molar-refractivity contribution in [1.82, 2.24) is 14.5 Å². The van der Waals surface area contributed by atoms with Gasteiger partial charge in [0.2, 0.25) is 0 Å². The fourth-order valence-electron chi connectivity index (χ4n) is 4.65. The van der Waals surface area contributed by atoms with Crippen LogP contribution in [-0.4, -0.2) is 58.4 Å². The second-order valence-electron chi connectivity index (χ2n) is 8.07. The summed E-state index contributed by atoms with van der Waals surface area (Å²) in [6.07, 6.45) is 1.27. The highest BCUT2D eigenvalue weighted by atomic mass is 16.3. The summed E-state index contributed by atoms with van der Waals surface area (Å²) in [6, 6.07) is 22.6. The molecule has 5 rings (SSSR count). The van der Waals surface area contributed by atoms with Gasteiger partial charge in [0.25, 0.3) is 0 Å². The molecule has 1 N–H and O–H groups in total. The lowest BCUT2D eigenvalue weighted by Crippen LogP contribution is -2.49.